The van der Waals surface area contributed by atoms with Crippen LogP contribution in [0.1, 0.15) is 30.4 Å². The smallest absolute Gasteiger partial charge is 0.263 e. The highest BCUT2D eigenvalue weighted by molar-refractivity contribution is 5.81. The molecule has 0 saturated carbocycles. The lowest BCUT2D eigenvalue weighted by molar-refractivity contribution is -0.138. The van der Waals surface area contributed by atoms with E-state index in [-0.39, 0.29) is 12.5 Å². The van der Waals surface area contributed by atoms with Gasteiger partial charge < -0.3 is 23.6 Å². The fourth-order valence-corrected chi connectivity index (χ4v) is 3.23. The zero-order valence-corrected chi connectivity index (χ0v) is 19.3. The van der Waals surface area contributed by atoms with Crippen molar-refractivity contribution in [3.05, 3.63) is 53.4 Å². The number of aryl methyl sites for hydroxylation is 2. The zero-order valence-electron chi connectivity index (χ0n) is 19.3. The summed E-state index contributed by atoms with van der Waals surface area (Å²) in [5.74, 6) is 2.47. The molecule has 1 heterocycles. The number of rotatable bonds is 9. The molecule has 0 aliphatic heterocycles. The van der Waals surface area contributed by atoms with E-state index in [0.717, 1.165) is 11.1 Å². The highest BCUT2D eigenvalue weighted by Crippen LogP contribution is 2.31. The summed E-state index contributed by atoms with van der Waals surface area (Å²) < 4.78 is 22.0. The van der Waals surface area contributed by atoms with Crippen LogP contribution in [0.3, 0.4) is 0 Å². The molecule has 3 rings (SSSR count). The second-order valence-electron chi connectivity index (χ2n) is 7.56. The normalized spacial score (nSPS) is 11.7. The third-order valence-corrected chi connectivity index (χ3v) is 5.13. The molecule has 0 N–H and O–H groups in total. The number of benzene rings is 2. The van der Waals surface area contributed by atoms with Crippen molar-refractivity contribution in [2.75, 3.05) is 21.3 Å². The van der Waals surface area contributed by atoms with Crippen LogP contribution in [0.2, 0.25) is 0 Å². The minimum Gasteiger partial charge on any atom is -0.497 e. The fourth-order valence-electron chi connectivity index (χ4n) is 3.23. The number of carbonyl (C=O) groups is 1. The Morgan fingerprint density at radius 3 is 2.56 bits per heavy atom. The maximum atomic E-state index is 13.0. The summed E-state index contributed by atoms with van der Waals surface area (Å²) in [7, 11) is 4.84. The number of carbonyl (C=O) groups excluding carboxylic acids is 1. The van der Waals surface area contributed by atoms with Gasteiger partial charge in [-0.2, -0.15) is 4.98 Å². The topological polar surface area (TPSA) is 86.9 Å². The number of ether oxygens (including phenoxy) is 3. The first-order chi connectivity index (χ1) is 15.4. The number of hydrogen-bond donors (Lipinski definition) is 0. The van der Waals surface area contributed by atoms with Crippen molar-refractivity contribution in [1.29, 1.82) is 0 Å². The van der Waals surface area contributed by atoms with Gasteiger partial charge in [-0.25, -0.2) is 0 Å². The molecule has 1 aromatic heterocycles. The van der Waals surface area contributed by atoms with Gasteiger partial charge >= 0.3 is 0 Å². The van der Waals surface area contributed by atoms with Crippen molar-refractivity contribution < 1.29 is 23.5 Å². The SMILES string of the molecule is CCC(Oc1cc(C)ccc1C)C(=O)N(C)Cc1nc(-c2ccc(OC)cc2OC)no1. The Morgan fingerprint density at radius 2 is 1.88 bits per heavy atom. The van der Waals surface area contributed by atoms with Crippen LogP contribution in [0.4, 0.5) is 0 Å². The minimum absolute atomic E-state index is 0.157. The predicted octanol–water partition coefficient (Wildman–Crippen LogP) is 4.19. The number of likely N-dealkylation sites (N-methyl/N-ethyl adjacent to an activating group) is 1. The Bertz CT molecular complexity index is 1080. The van der Waals surface area contributed by atoms with Gasteiger partial charge in [-0.3, -0.25) is 4.79 Å². The first-order valence-electron chi connectivity index (χ1n) is 10.4. The molecule has 0 saturated heterocycles. The van der Waals surface area contributed by atoms with Crippen LogP contribution in [0.15, 0.2) is 40.9 Å². The highest BCUT2D eigenvalue weighted by atomic mass is 16.5. The lowest BCUT2D eigenvalue weighted by atomic mass is 10.1. The van der Waals surface area contributed by atoms with Crippen LogP contribution >= 0.6 is 0 Å². The number of nitrogens with zero attached hydrogens (tertiary/aromatic N) is 3. The molecular weight excluding hydrogens is 410 g/mol. The van der Waals surface area contributed by atoms with Gasteiger partial charge in [-0.05, 0) is 49.6 Å². The third kappa shape index (κ3) is 5.19. The van der Waals surface area contributed by atoms with Crippen molar-refractivity contribution in [2.45, 2.75) is 39.8 Å². The molecule has 0 radical (unpaired) electrons. The second kappa shape index (κ2) is 10.2. The molecule has 0 fully saturated rings. The highest BCUT2D eigenvalue weighted by Gasteiger charge is 2.25. The van der Waals surface area contributed by atoms with Crippen molar-refractivity contribution in [3.63, 3.8) is 0 Å². The molecule has 32 heavy (non-hydrogen) atoms. The minimum atomic E-state index is -0.607. The summed E-state index contributed by atoms with van der Waals surface area (Å²) in [6.07, 6.45) is -0.0705. The molecule has 170 valence electrons. The van der Waals surface area contributed by atoms with Crippen LogP contribution in [0, 0.1) is 13.8 Å². The summed E-state index contributed by atoms with van der Waals surface area (Å²) in [5.41, 5.74) is 2.73. The Balaban J connectivity index is 1.71. The molecule has 2 aromatic carbocycles. The molecular formula is C24H29N3O5. The molecule has 8 nitrogen and oxygen atoms in total. The molecule has 1 amide bonds. The molecule has 0 aliphatic carbocycles. The van der Waals surface area contributed by atoms with Gasteiger partial charge in [-0.1, -0.05) is 24.2 Å². The van der Waals surface area contributed by atoms with E-state index in [2.05, 4.69) is 10.1 Å². The summed E-state index contributed by atoms with van der Waals surface area (Å²) in [5, 5.41) is 4.04. The van der Waals surface area contributed by atoms with E-state index in [4.69, 9.17) is 18.7 Å². The summed E-state index contributed by atoms with van der Waals surface area (Å²) in [6, 6.07) is 11.3. The van der Waals surface area contributed by atoms with E-state index in [1.165, 1.54) is 4.90 Å². The van der Waals surface area contributed by atoms with Gasteiger partial charge in [0.05, 0.1) is 26.3 Å². The average Bonchev–Trinajstić information content (AvgIpc) is 3.26. The molecule has 1 unspecified atom stereocenters. The Labute approximate surface area is 188 Å². The Hall–Kier alpha value is -3.55. The fraction of sp³-hybridized carbons (Fsp3) is 0.375. The molecule has 3 aromatic rings. The van der Waals surface area contributed by atoms with Gasteiger partial charge in [0.2, 0.25) is 11.7 Å². The molecule has 1 atom stereocenters. The van der Waals surface area contributed by atoms with E-state index in [0.29, 0.717) is 40.9 Å². The van der Waals surface area contributed by atoms with Crippen LogP contribution in [0.5, 0.6) is 17.2 Å². The van der Waals surface area contributed by atoms with Gasteiger partial charge in [0.1, 0.15) is 17.2 Å². The summed E-state index contributed by atoms with van der Waals surface area (Å²) in [4.78, 5) is 19.0. The third-order valence-electron chi connectivity index (χ3n) is 5.13. The Morgan fingerprint density at radius 1 is 1.09 bits per heavy atom. The standard InChI is InChI=1S/C24H29N3O5/c1-7-19(31-20-12-15(2)8-9-16(20)3)24(28)27(4)14-22-25-23(26-32-22)18-11-10-17(29-5)13-21(18)30-6/h8-13,19H,7,14H2,1-6H3. The first-order valence-corrected chi connectivity index (χ1v) is 10.4. The predicted molar refractivity (Wildman–Crippen MR) is 120 cm³/mol. The van der Waals surface area contributed by atoms with Gasteiger partial charge in [0.25, 0.3) is 5.91 Å². The second-order valence-corrected chi connectivity index (χ2v) is 7.56. The quantitative estimate of drug-likeness (QED) is 0.494. The number of aromatic nitrogens is 2. The van der Waals surface area contributed by atoms with Gasteiger partial charge in [0, 0.05) is 13.1 Å². The lowest BCUT2D eigenvalue weighted by Crippen LogP contribution is -2.39. The number of amides is 1. The molecule has 0 bridgehead atoms. The van der Waals surface area contributed by atoms with Crippen LogP contribution in [0.25, 0.3) is 11.4 Å². The van der Waals surface area contributed by atoms with Crippen LogP contribution in [-0.4, -0.2) is 48.3 Å². The van der Waals surface area contributed by atoms with Crippen molar-refractivity contribution >= 4 is 5.91 Å². The van der Waals surface area contributed by atoms with Crippen LogP contribution < -0.4 is 14.2 Å². The average molecular weight is 440 g/mol. The van der Waals surface area contributed by atoms with E-state index in [1.807, 2.05) is 39.0 Å². The van der Waals surface area contributed by atoms with E-state index >= 15 is 0 Å². The Kier molecular flexibility index (Phi) is 7.35. The van der Waals surface area contributed by atoms with Crippen molar-refractivity contribution in [3.8, 4) is 28.6 Å². The van der Waals surface area contributed by atoms with Crippen LogP contribution in [-0.2, 0) is 11.3 Å². The summed E-state index contributed by atoms with van der Waals surface area (Å²) in [6.45, 7) is 6.04. The summed E-state index contributed by atoms with van der Waals surface area (Å²) >= 11 is 0. The molecule has 8 heteroatoms. The van der Waals surface area contributed by atoms with Crippen molar-refractivity contribution in [1.82, 2.24) is 15.0 Å². The number of methoxy groups -OCH3 is 2. The van der Waals surface area contributed by atoms with E-state index in [1.54, 1.807) is 39.5 Å². The number of hydrogen-bond acceptors (Lipinski definition) is 7. The van der Waals surface area contributed by atoms with E-state index in [9.17, 15) is 4.79 Å². The first kappa shape index (κ1) is 23.1. The monoisotopic (exact) mass is 439 g/mol. The zero-order chi connectivity index (χ0) is 23.3. The van der Waals surface area contributed by atoms with Crippen molar-refractivity contribution in [2.24, 2.45) is 0 Å². The maximum Gasteiger partial charge on any atom is 0.263 e. The molecule has 0 spiro atoms. The van der Waals surface area contributed by atoms with E-state index < -0.39 is 6.10 Å². The largest absolute Gasteiger partial charge is 0.497 e. The van der Waals surface area contributed by atoms with Gasteiger partial charge in [0.15, 0.2) is 6.10 Å². The maximum absolute atomic E-state index is 13.0. The molecule has 0 aliphatic rings. The lowest BCUT2D eigenvalue weighted by Gasteiger charge is -2.23. The van der Waals surface area contributed by atoms with Gasteiger partial charge in [-0.15, -0.1) is 0 Å².